The Morgan fingerprint density at radius 3 is 2.96 bits per heavy atom. The van der Waals surface area contributed by atoms with Crippen molar-refractivity contribution in [1.29, 1.82) is 0 Å². The molecule has 144 valence electrons. The molecule has 0 saturated heterocycles. The Bertz CT molecular complexity index is 919. The van der Waals surface area contributed by atoms with Gasteiger partial charge >= 0.3 is 0 Å². The average Bonchev–Trinajstić information content (AvgIpc) is 3.22. The summed E-state index contributed by atoms with van der Waals surface area (Å²) in [6, 6.07) is 5.77. The zero-order chi connectivity index (χ0) is 19.4. The van der Waals surface area contributed by atoms with Crippen molar-refractivity contribution in [2.45, 2.75) is 20.5 Å². The number of carbonyl (C=O) groups excluding carboxylic acids is 1. The molecule has 0 aliphatic carbocycles. The van der Waals surface area contributed by atoms with Crippen molar-refractivity contribution in [2.24, 2.45) is 5.92 Å². The number of nitrogens with zero attached hydrogens (tertiary/aromatic N) is 3. The van der Waals surface area contributed by atoms with Crippen LogP contribution in [0, 0.1) is 12.8 Å². The molecule has 2 aromatic heterocycles. The number of aromatic nitrogens is 2. The van der Waals surface area contributed by atoms with E-state index in [4.69, 9.17) is 9.15 Å². The lowest BCUT2D eigenvalue weighted by atomic mass is 10.1. The number of rotatable bonds is 8. The van der Waals surface area contributed by atoms with Crippen LogP contribution in [0.25, 0.3) is 10.2 Å². The Morgan fingerprint density at radius 2 is 2.19 bits per heavy atom. The highest BCUT2D eigenvalue weighted by Crippen LogP contribution is 2.25. The van der Waals surface area contributed by atoms with Crippen LogP contribution in [0.4, 0.5) is 0 Å². The van der Waals surface area contributed by atoms with Gasteiger partial charge in [0, 0.05) is 19.2 Å². The third-order valence-electron chi connectivity index (χ3n) is 3.90. The standard InChI is InChI=1S/C19H24N4O3S/c1-12(9-23(3)4)8-20-19(24)16-10-26-18(22-16)11-25-14-5-6-17-15(7-14)21-13(2)27-17/h5-7,10,12H,8-9,11H2,1-4H3,(H,20,24)/t12-/m0/s1. The number of hydrogen-bond donors (Lipinski definition) is 1. The van der Waals surface area contributed by atoms with E-state index in [0.29, 0.717) is 24.1 Å². The third kappa shape index (κ3) is 5.27. The normalized spacial score (nSPS) is 12.5. The van der Waals surface area contributed by atoms with Crippen LogP contribution in [-0.4, -0.2) is 48.0 Å². The smallest absolute Gasteiger partial charge is 0.273 e. The maximum absolute atomic E-state index is 12.2. The molecule has 2 heterocycles. The highest BCUT2D eigenvalue weighted by molar-refractivity contribution is 7.18. The van der Waals surface area contributed by atoms with Crippen LogP contribution < -0.4 is 10.1 Å². The van der Waals surface area contributed by atoms with E-state index < -0.39 is 0 Å². The second-order valence-electron chi connectivity index (χ2n) is 6.86. The maximum Gasteiger partial charge on any atom is 0.273 e. The summed E-state index contributed by atoms with van der Waals surface area (Å²) in [7, 11) is 4.02. The summed E-state index contributed by atoms with van der Waals surface area (Å²) in [5.41, 5.74) is 1.17. The molecular weight excluding hydrogens is 364 g/mol. The Balaban J connectivity index is 1.53. The Kier molecular flexibility index (Phi) is 6.08. The van der Waals surface area contributed by atoms with E-state index in [-0.39, 0.29) is 18.2 Å². The first-order chi connectivity index (χ1) is 12.9. The third-order valence-corrected chi connectivity index (χ3v) is 4.85. The summed E-state index contributed by atoms with van der Waals surface area (Å²) in [6.07, 6.45) is 1.36. The zero-order valence-electron chi connectivity index (χ0n) is 16.0. The average molecular weight is 388 g/mol. The van der Waals surface area contributed by atoms with E-state index in [0.717, 1.165) is 21.8 Å². The first kappa shape index (κ1) is 19.3. The number of aryl methyl sites for hydroxylation is 1. The van der Waals surface area contributed by atoms with E-state index in [2.05, 4.69) is 27.1 Å². The van der Waals surface area contributed by atoms with Gasteiger partial charge in [-0.15, -0.1) is 11.3 Å². The fourth-order valence-corrected chi connectivity index (χ4v) is 3.59. The van der Waals surface area contributed by atoms with Crippen LogP contribution >= 0.6 is 11.3 Å². The quantitative estimate of drug-likeness (QED) is 0.639. The van der Waals surface area contributed by atoms with Crippen LogP contribution in [0.15, 0.2) is 28.9 Å². The van der Waals surface area contributed by atoms with E-state index in [9.17, 15) is 4.79 Å². The highest BCUT2D eigenvalue weighted by Gasteiger charge is 2.14. The van der Waals surface area contributed by atoms with Gasteiger partial charge in [-0.05, 0) is 39.1 Å². The molecule has 7 nitrogen and oxygen atoms in total. The topological polar surface area (TPSA) is 80.5 Å². The maximum atomic E-state index is 12.2. The molecule has 3 rings (SSSR count). The van der Waals surface area contributed by atoms with Gasteiger partial charge < -0.3 is 19.4 Å². The minimum Gasteiger partial charge on any atom is -0.484 e. The fourth-order valence-electron chi connectivity index (χ4n) is 2.78. The molecular formula is C19H24N4O3S. The molecule has 0 unspecified atom stereocenters. The summed E-state index contributed by atoms with van der Waals surface area (Å²) in [6.45, 7) is 5.71. The van der Waals surface area contributed by atoms with Crippen molar-refractivity contribution in [3.8, 4) is 5.75 Å². The lowest BCUT2D eigenvalue weighted by molar-refractivity contribution is 0.0940. The summed E-state index contributed by atoms with van der Waals surface area (Å²) in [5.74, 6) is 1.16. The monoisotopic (exact) mass is 388 g/mol. The van der Waals surface area contributed by atoms with Crippen LogP contribution in [0.5, 0.6) is 5.75 Å². The number of amides is 1. The molecule has 27 heavy (non-hydrogen) atoms. The van der Waals surface area contributed by atoms with Crippen LogP contribution in [0.2, 0.25) is 0 Å². The summed E-state index contributed by atoms with van der Waals surface area (Å²) < 4.78 is 12.2. The molecule has 0 aliphatic rings. The fraction of sp³-hybridized carbons (Fsp3) is 0.421. The van der Waals surface area contributed by atoms with Crippen molar-refractivity contribution < 1.29 is 13.9 Å². The molecule has 3 aromatic rings. The van der Waals surface area contributed by atoms with Crippen LogP contribution in [-0.2, 0) is 6.61 Å². The molecule has 0 bridgehead atoms. The minimum absolute atomic E-state index is 0.152. The molecule has 1 N–H and O–H groups in total. The molecule has 0 saturated carbocycles. The van der Waals surface area contributed by atoms with Gasteiger partial charge in [-0.1, -0.05) is 6.92 Å². The second kappa shape index (κ2) is 8.49. The number of ether oxygens (including phenoxy) is 1. The lowest BCUT2D eigenvalue weighted by Gasteiger charge is -2.16. The molecule has 0 aliphatic heterocycles. The van der Waals surface area contributed by atoms with Gasteiger partial charge in [0.05, 0.1) is 15.2 Å². The van der Waals surface area contributed by atoms with Gasteiger partial charge in [0.2, 0.25) is 5.89 Å². The Hall–Kier alpha value is -2.45. The van der Waals surface area contributed by atoms with E-state index >= 15 is 0 Å². The number of thiazole rings is 1. The van der Waals surface area contributed by atoms with Gasteiger partial charge in [-0.3, -0.25) is 4.79 Å². The van der Waals surface area contributed by atoms with Gasteiger partial charge in [0.25, 0.3) is 5.91 Å². The van der Waals surface area contributed by atoms with Crippen LogP contribution in [0.3, 0.4) is 0 Å². The summed E-state index contributed by atoms with van der Waals surface area (Å²) >= 11 is 1.65. The van der Waals surface area contributed by atoms with Gasteiger partial charge in [0.1, 0.15) is 12.0 Å². The summed E-state index contributed by atoms with van der Waals surface area (Å²) in [4.78, 5) is 22.9. The van der Waals surface area contributed by atoms with Gasteiger partial charge in [0.15, 0.2) is 12.3 Å². The summed E-state index contributed by atoms with van der Waals surface area (Å²) in [5, 5.41) is 3.90. The first-order valence-corrected chi connectivity index (χ1v) is 9.59. The van der Waals surface area contributed by atoms with Crippen molar-refractivity contribution in [1.82, 2.24) is 20.2 Å². The molecule has 8 heteroatoms. The molecule has 1 aromatic carbocycles. The van der Waals surface area contributed by atoms with Crippen molar-refractivity contribution in [3.63, 3.8) is 0 Å². The molecule has 0 radical (unpaired) electrons. The molecule has 0 fully saturated rings. The van der Waals surface area contributed by atoms with Crippen LogP contribution in [0.1, 0.15) is 28.3 Å². The number of oxazole rings is 1. The molecule has 1 atom stereocenters. The molecule has 1 amide bonds. The predicted molar refractivity (Wildman–Crippen MR) is 105 cm³/mol. The van der Waals surface area contributed by atoms with Crippen molar-refractivity contribution in [3.05, 3.63) is 41.1 Å². The van der Waals surface area contributed by atoms with Gasteiger partial charge in [-0.2, -0.15) is 0 Å². The number of nitrogens with one attached hydrogen (secondary N) is 1. The van der Waals surface area contributed by atoms with Crippen molar-refractivity contribution in [2.75, 3.05) is 27.2 Å². The molecule has 0 spiro atoms. The first-order valence-electron chi connectivity index (χ1n) is 8.78. The number of fused-ring (bicyclic) bond motifs is 1. The van der Waals surface area contributed by atoms with Gasteiger partial charge in [-0.25, -0.2) is 9.97 Å². The largest absolute Gasteiger partial charge is 0.484 e. The SMILES string of the molecule is Cc1nc2cc(OCc3nc(C(=O)NC[C@H](C)CN(C)C)co3)ccc2s1. The number of benzene rings is 1. The second-order valence-corrected chi connectivity index (χ2v) is 8.09. The zero-order valence-corrected chi connectivity index (χ0v) is 16.8. The minimum atomic E-state index is -0.241. The number of carbonyl (C=O) groups is 1. The highest BCUT2D eigenvalue weighted by atomic mass is 32.1. The number of hydrogen-bond acceptors (Lipinski definition) is 7. The van der Waals surface area contributed by atoms with E-state index in [1.54, 1.807) is 11.3 Å². The van der Waals surface area contributed by atoms with E-state index in [1.165, 1.54) is 6.26 Å². The Labute approximate surface area is 162 Å². The lowest BCUT2D eigenvalue weighted by Crippen LogP contribution is -2.33. The van der Waals surface area contributed by atoms with Crippen molar-refractivity contribution >= 4 is 27.5 Å². The Morgan fingerprint density at radius 1 is 1.37 bits per heavy atom. The van der Waals surface area contributed by atoms with E-state index in [1.807, 2.05) is 39.2 Å². The predicted octanol–water partition coefficient (Wildman–Crippen LogP) is 3.10.